The molecule has 1 aromatic rings. The first-order valence-corrected chi connectivity index (χ1v) is 7.85. The normalized spacial score (nSPS) is 28.4. The number of aromatic nitrogens is 2. The van der Waals surface area contributed by atoms with Crippen LogP contribution in [0.5, 0.6) is 0 Å². The van der Waals surface area contributed by atoms with Gasteiger partial charge in [-0.15, -0.1) is 0 Å². The first kappa shape index (κ1) is 14.7. The minimum Gasteiger partial charge on any atom is -0.394 e. The van der Waals surface area contributed by atoms with Crippen LogP contribution in [0.2, 0.25) is 0 Å². The van der Waals surface area contributed by atoms with Crippen molar-refractivity contribution in [2.75, 3.05) is 11.9 Å². The fourth-order valence-electron chi connectivity index (χ4n) is 2.76. The fraction of sp³-hybridized carbons (Fsp3) is 0.857. The van der Waals surface area contributed by atoms with Crippen molar-refractivity contribution in [2.24, 2.45) is 5.92 Å². The van der Waals surface area contributed by atoms with Crippen LogP contribution in [0.3, 0.4) is 0 Å². The van der Waals surface area contributed by atoms with Crippen LogP contribution in [0, 0.1) is 5.92 Å². The molecule has 4 nitrogen and oxygen atoms in total. The number of hydrogen-bond acceptors (Lipinski definition) is 5. The SMILES string of the molecule is CC1CCCC(CO)(Nc2nc(C(C)(C)C)ns2)C1. The van der Waals surface area contributed by atoms with Gasteiger partial charge in [0.25, 0.3) is 0 Å². The van der Waals surface area contributed by atoms with Crippen LogP contribution >= 0.6 is 11.5 Å². The van der Waals surface area contributed by atoms with Crippen LogP contribution in [0.4, 0.5) is 5.13 Å². The molecule has 0 spiro atoms. The first-order valence-electron chi connectivity index (χ1n) is 7.08. The average molecular weight is 283 g/mol. The molecule has 1 aromatic heterocycles. The van der Waals surface area contributed by atoms with E-state index in [-0.39, 0.29) is 17.6 Å². The molecule has 108 valence electrons. The van der Waals surface area contributed by atoms with Crippen LogP contribution < -0.4 is 5.32 Å². The van der Waals surface area contributed by atoms with Crippen molar-refractivity contribution in [2.45, 2.75) is 64.3 Å². The molecule has 0 aromatic carbocycles. The summed E-state index contributed by atoms with van der Waals surface area (Å²) in [5.74, 6) is 1.53. The summed E-state index contributed by atoms with van der Waals surface area (Å²) < 4.78 is 4.42. The summed E-state index contributed by atoms with van der Waals surface area (Å²) in [6.07, 6.45) is 4.44. The lowest BCUT2D eigenvalue weighted by molar-refractivity contribution is 0.149. The molecule has 1 heterocycles. The van der Waals surface area contributed by atoms with E-state index < -0.39 is 0 Å². The molecule has 2 atom stereocenters. The van der Waals surface area contributed by atoms with Gasteiger partial charge in [0.1, 0.15) is 5.82 Å². The fourth-order valence-corrected chi connectivity index (χ4v) is 3.64. The van der Waals surface area contributed by atoms with Gasteiger partial charge in [0.15, 0.2) is 0 Å². The summed E-state index contributed by atoms with van der Waals surface area (Å²) in [4.78, 5) is 4.58. The molecule has 2 N–H and O–H groups in total. The van der Waals surface area contributed by atoms with E-state index in [2.05, 4.69) is 42.4 Å². The van der Waals surface area contributed by atoms with E-state index in [1.54, 1.807) is 0 Å². The van der Waals surface area contributed by atoms with Crippen LogP contribution in [0.15, 0.2) is 0 Å². The van der Waals surface area contributed by atoms with E-state index in [0.29, 0.717) is 5.92 Å². The van der Waals surface area contributed by atoms with Gasteiger partial charge in [-0.25, -0.2) is 4.98 Å². The first-order chi connectivity index (χ1) is 8.85. The van der Waals surface area contributed by atoms with E-state index in [9.17, 15) is 5.11 Å². The van der Waals surface area contributed by atoms with Gasteiger partial charge in [-0.3, -0.25) is 0 Å². The highest BCUT2D eigenvalue weighted by atomic mass is 32.1. The van der Waals surface area contributed by atoms with Crippen molar-refractivity contribution < 1.29 is 5.11 Å². The van der Waals surface area contributed by atoms with Crippen LogP contribution in [-0.4, -0.2) is 26.6 Å². The molecular weight excluding hydrogens is 258 g/mol. The molecule has 1 fully saturated rings. The van der Waals surface area contributed by atoms with Gasteiger partial charge in [0, 0.05) is 16.9 Å². The van der Waals surface area contributed by atoms with E-state index >= 15 is 0 Å². The zero-order valence-corrected chi connectivity index (χ0v) is 13.2. The van der Waals surface area contributed by atoms with Crippen molar-refractivity contribution in [3.8, 4) is 0 Å². The second-order valence-corrected chi connectivity index (χ2v) is 7.69. The molecule has 5 heteroatoms. The number of aliphatic hydroxyl groups is 1. The second kappa shape index (κ2) is 5.37. The van der Waals surface area contributed by atoms with Gasteiger partial charge in [-0.05, 0) is 18.8 Å². The van der Waals surface area contributed by atoms with Crippen LogP contribution in [0.25, 0.3) is 0 Å². The summed E-state index contributed by atoms with van der Waals surface area (Å²) in [6.45, 7) is 8.77. The van der Waals surface area contributed by atoms with Gasteiger partial charge < -0.3 is 10.4 Å². The smallest absolute Gasteiger partial charge is 0.203 e. The summed E-state index contributed by atoms with van der Waals surface area (Å²) in [5, 5.41) is 14.1. The molecule has 19 heavy (non-hydrogen) atoms. The predicted molar refractivity (Wildman–Crippen MR) is 79.7 cm³/mol. The maximum absolute atomic E-state index is 9.78. The number of hydrogen-bond donors (Lipinski definition) is 2. The number of nitrogens with one attached hydrogen (secondary N) is 1. The lowest BCUT2D eigenvalue weighted by atomic mass is 9.77. The molecule has 2 rings (SSSR count). The molecule has 1 aliphatic rings. The van der Waals surface area contributed by atoms with Crippen molar-refractivity contribution in [1.82, 2.24) is 9.36 Å². The van der Waals surface area contributed by atoms with E-state index in [4.69, 9.17) is 0 Å². The van der Waals surface area contributed by atoms with Crippen molar-refractivity contribution in [3.63, 3.8) is 0 Å². The largest absolute Gasteiger partial charge is 0.394 e. The third kappa shape index (κ3) is 3.45. The summed E-state index contributed by atoms with van der Waals surface area (Å²) in [7, 11) is 0. The standard InChI is InChI=1S/C14H25N3OS/c1-10-6-5-7-14(8-10,9-18)16-12-15-11(17-19-12)13(2,3)4/h10,18H,5-9H2,1-4H3,(H,15,16,17). The van der Waals surface area contributed by atoms with E-state index in [1.165, 1.54) is 24.4 Å². The monoisotopic (exact) mass is 283 g/mol. The highest BCUT2D eigenvalue weighted by molar-refractivity contribution is 7.09. The molecule has 0 saturated heterocycles. The van der Waals surface area contributed by atoms with E-state index in [1.807, 2.05) is 0 Å². The van der Waals surface area contributed by atoms with Crippen molar-refractivity contribution in [3.05, 3.63) is 5.82 Å². The molecule has 0 radical (unpaired) electrons. The third-order valence-corrected chi connectivity index (χ3v) is 4.49. The highest BCUT2D eigenvalue weighted by Crippen LogP contribution is 2.35. The summed E-state index contributed by atoms with van der Waals surface area (Å²) in [6, 6.07) is 0. The summed E-state index contributed by atoms with van der Waals surface area (Å²) >= 11 is 1.40. The zero-order valence-electron chi connectivity index (χ0n) is 12.4. The minimum absolute atomic E-state index is 0.0251. The molecule has 0 aliphatic heterocycles. The van der Waals surface area contributed by atoms with Crippen LogP contribution in [0.1, 0.15) is 59.2 Å². The van der Waals surface area contributed by atoms with E-state index in [0.717, 1.165) is 23.8 Å². The predicted octanol–water partition coefficient (Wildman–Crippen LogP) is 3.19. The molecule has 1 aliphatic carbocycles. The number of aliphatic hydroxyl groups excluding tert-OH is 1. The molecule has 1 saturated carbocycles. The van der Waals surface area contributed by atoms with Gasteiger partial charge >= 0.3 is 0 Å². The molecular formula is C14H25N3OS. The lowest BCUT2D eigenvalue weighted by Gasteiger charge is -2.39. The Bertz CT molecular complexity index is 427. The van der Waals surface area contributed by atoms with Gasteiger partial charge in [0.05, 0.1) is 12.1 Å². The highest BCUT2D eigenvalue weighted by Gasteiger charge is 2.35. The zero-order chi connectivity index (χ0) is 14.1. The van der Waals surface area contributed by atoms with Crippen molar-refractivity contribution >= 4 is 16.7 Å². The van der Waals surface area contributed by atoms with Gasteiger partial charge in [0.2, 0.25) is 5.13 Å². The molecule has 0 bridgehead atoms. The van der Waals surface area contributed by atoms with Gasteiger partial charge in [-0.2, -0.15) is 4.37 Å². The Morgan fingerprint density at radius 1 is 1.47 bits per heavy atom. The Morgan fingerprint density at radius 2 is 2.21 bits per heavy atom. The Labute approximate surface area is 119 Å². The van der Waals surface area contributed by atoms with Crippen molar-refractivity contribution in [1.29, 1.82) is 0 Å². The molecule has 2 unspecified atom stereocenters. The number of nitrogens with zero attached hydrogens (tertiary/aromatic N) is 2. The summed E-state index contributed by atoms with van der Waals surface area (Å²) in [5.41, 5.74) is -0.227. The lowest BCUT2D eigenvalue weighted by Crippen LogP contribution is -2.45. The Kier molecular flexibility index (Phi) is 4.16. The maximum atomic E-state index is 9.78. The quantitative estimate of drug-likeness (QED) is 0.894. The Balaban J connectivity index is 2.12. The third-order valence-electron chi connectivity index (χ3n) is 3.86. The Morgan fingerprint density at radius 3 is 2.74 bits per heavy atom. The number of rotatable bonds is 3. The Hall–Kier alpha value is -0.680. The maximum Gasteiger partial charge on any atom is 0.203 e. The molecule has 0 amide bonds. The topological polar surface area (TPSA) is 58.0 Å². The van der Waals surface area contributed by atoms with Crippen LogP contribution in [-0.2, 0) is 5.41 Å². The number of anilines is 1. The second-order valence-electron chi connectivity index (χ2n) is 6.94. The minimum atomic E-state index is -0.202. The average Bonchev–Trinajstić information content (AvgIpc) is 2.77. The van der Waals surface area contributed by atoms with Gasteiger partial charge in [-0.1, -0.05) is 40.5 Å².